The highest BCUT2D eigenvalue weighted by atomic mass is 35.5. The molecule has 0 saturated carbocycles. The molecule has 1 rings (SSSR count). The average Bonchev–Trinajstić information content (AvgIpc) is 2.39. The van der Waals surface area contributed by atoms with Gasteiger partial charge in [-0.1, -0.05) is 11.6 Å². The van der Waals surface area contributed by atoms with Gasteiger partial charge in [0.15, 0.2) is 0 Å². The molecular weight excluding hydrogens is 271 g/mol. The first-order valence-electron chi connectivity index (χ1n) is 5.68. The second-order valence-corrected chi connectivity index (χ2v) is 4.50. The standard InChI is InChI=1S/C13H16Cl2N2O/c1-18-8-7-17(6-2-5-16)13-4-3-12(15)9-11(13)10-14/h3-4,9H,2,6-8,10H2,1H3. The van der Waals surface area contributed by atoms with E-state index in [0.29, 0.717) is 30.5 Å². The summed E-state index contributed by atoms with van der Waals surface area (Å²) in [6, 6.07) is 7.78. The van der Waals surface area contributed by atoms with Crippen LogP contribution in [0, 0.1) is 11.3 Å². The molecule has 0 heterocycles. The van der Waals surface area contributed by atoms with Crippen molar-refractivity contribution in [3.8, 4) is 6.07 Å². The number of rotatable bonds is 7. The van der Waals surface area contributed by atoms with E-state index in [1.54, 1.807) is 7.11 Å². The molecule has 0 aliphatic rings. The summed E-state index contributed by atoms with van der Waals surface area (Å²) in [5, 5.41) is 9.37. The lowest BCUT2D eigenvalue weighted by molar-refractivity contribution is 0.205. The zero-order valence-electron chi connectivity index (χ0n) is 10.3. The molecule has 0 atom stereocenters. The fraction of sp³-hybridized carbons (Fsp3) is 0.462. The van der Waals surface area contributed by atoms with Gasteiger partial charge in [-0.05, 0) is 23.8 Å². The zero-order valence-corrected chi connectivity index (χ0v) is 11.8. The first-order chi connectivity index (χ1) is 8.72. The number of methoxy groups -OCH3 is 1. The van der Waals surface area contributed by atoms with Gasteiger partial charge in [-0.2, -0.15) is 5.26 Å². The third kappa shape index (κ3) is 4.38. The Morgan fingerprint density at radius 3 is 2.78 bits per heavy atom. The van der Waals surface area contributed by atoms with Gasteiger partial charge in [0.2, 0.25) is 0 Å². The number of anilines is 1. The van der Waals surface area contributed by atoms with E-state index in [1.165, 1.54) is 0 Å². The van der Waals surface area contributed by atoms with E-state index in [0.717, 1.165) is 17.8 Å². The van der Waals surface area contributed by atoms with Gasteiger partial charge in [0, 0.05) is 36.8 Å². The van der Waals surface area contributed by atoms with Crippen LogP contribution < -0.4 is 4.90 Å². The van der Waals surface area contributed by atoms with Gasteiger partial charge >= 0.3 is 0 Å². The number of hydrogen-bond acceptors (Lipinski definition) is 3. The normalized spacial score (nSPS) is 10.1. The van der Waals surface area contributed by atoms with E-state index < -0.39 is 0 Å². The van der Waals surface area contributed by atoms with Crippen molar-refractivity contribution in [2.75, 3.05) is 31.7 Å². The van der Waals surface area contributed by atoms with Crippen LogP contribution in [0.25, 0.3) is 0 Å². The molecule has 18 heavy (non-hydrogen) atoms. The van der Waals surface area contributed by atoms with Crippen LogP contribution in [0.4, 0.5) is 5.69 Å². The molecule has 98 valence electrons. The van der Waals surface area contributed by atoms with Crippen molar-refractivity contribution in [1.29, 1.82) is 5.26 Å². The smallest absolute Gasteiger partial charge is 0.0640 e. The number of ether oxygens (including phenoxy) is 1. The van der Waals surface area contributed by atoms with Gasteiger partial charge < -0.3 is 9.64 Å². The molecule has 0 unspecified atom stereocenters. The SMILES string of the molecule is COCCN(CCC#N)c1ccc(Cl)cc1CCl. The molecule has 1 aromatic rings. The summed E-state index contributed by atoms with van der Waals surface area (Å²) in [5.74, 6) is 0.395. The topological polar surface area (TPSA) is 36.3 Å². The molecule has 0 aromatic heterocycles. The molecule has 0 aliphatic heterocycles. The summed E-state index contributed by atoms with van der Waals surface area (Å²) in [5.41, 5.74) is 1.99. The quantitative estimate of drug-likeness (QED) is 0.721. The molecule has 0 fully saturated rings. The first kappa shape index (κ1) is 15.1. The molecule has 0 bridgehead atoms. The highest BCUT2D eigenvalue weighted by Gasteiger charge is 2.11. The number of benzene rings is 1. The lowest BCUT2D eigenvalue weighted by Gasteiger charge is -2.25. The van der Waals surface area contributed by atoms with Crippen molar-refractivity contribution in [2.45, 2.75) is 12.3 Å². The monoisotopic (exact) mass is 286 g/mol. The summed E-state index contributed by atoms with van der Waals surface area (Å²) >= 11 is 11.9. The minimum Gasteiger partial charge on any atom is -0.383 e. The molecule has 1 aromatic carbocycles. The number of nitrogens with zero attached hydrogens (tertiary/aromatic N) is 2. The Bertz CT molecular complexity index is 418. The Hall–Kier alpha value is -0.950. The van der Waals surface area contributed by atoms with Crippen LogP contribution in [0.5, 0.6) is 0 Å². The molecule has 0 N–H and O–H groups in total. The van der Waals surface area contributed by atoms with Crippen LogP contribution in [0.3, 0.4) is 0 Å². The van der Waals surface area contributed by atoms with Crippen molar-refractivity contribution < 1.29 is 4.74 Å². The maximum absolute atomic E-state index is 8.70. The Kier molecular flexibility index (Phi) is 6.89. The van der Waals surface area contributed by atoms with E-state index in [9.17, 15) is 0 Å². The van der Waals surface area contributed by atoms with Crippen molar-refractivity contribution in [1.82, 2.24) is 0 Å². The molecule has 3 nitrogen and oxygen atoms in total. The second-order valence-electron chi connectivity index (χ2n) is 3.79. The number of hydrogen-bond donors (Lipinski definition) is 0. The predicted molar refractivity (Wildman–Crippen MR) is 75.3 cm³/mol. The lowest BCUT2D eigenvalue weighted by Crippen LogP contribution is -2.29. The molecule has 0 radical (unpaired) electrons. The summed E-state index contributed by atoms with van der Waals surface area (Å²) in [7, 11) is 1.66. The van der Waals surface area contributed by atoms with Crippen molar-refractivity contribution >= 4 is 28.9 Å². The minimum absolute atomic E-state index is 0.395. The van der Waals surface area contributed by atoms with E-state index in [1.807, 2.05) is 18.2 Å². The maximum atomic E-state index is 8.70. The Morgan fingerprint density at radius 1 is 1.39 bits per heavy atom. The number of nitriles is 1. The largest absolute Gasteiger partial charge is 0.383 e. The van der Waals surface area contributed by atoms with Crippen LogP contribution in [-0.2, 0) is 10.6 Å². The van der Waals surface area contributed by atoms with Gasteiger partial charge in [-0.15, -0.1) is 11.6 Å². The fourth-order valence-corrected chi connectivity index (χ4v) is 2.12. The highest BCUT2D eigenvalue weighted by Crippen LogP contribution is 2.26. The molecule has 0 aliphatic carbocycles. The van der Waals surface area contributed by atoms with E-state index in [-0.39, 0.29) is 0 Å². The van der Waals surface area contributed by atoms with Gasteiger partial charge in [-0.25, -0.2) is 0 Å². The summed E-state index contributed by atoms with van der Waals surface area (Å²) in [6.45, 7) is 1.99. The van der Waals surface area contributed by atoms with Gasteiger partial charge in [0.25, 0.3) is 0 Å². The summed E-state index contributed by atoms with van der Waals surface area (Å²) in [6.07, 6.45) is 0.466. The van der Waals surface area contributed by atoms with Crippen molar-refractivity contribution in [3.05, 3.63) is 28.8 Å². The van der Waals surface area contributed by atoms with E-state index in [4.69, 9.17) is 33.2 Å². The van der Waals surface area contributed by atoms with Crippen LogP contribution in [0.2, 0.25) is 5.02 Å². The van der Waals surface area contributed by atoms with Crippen molar-refractivity contribution in [3.63, 3.8) is 0 Å². The molecule has 0 spiro atoms. The van der Waals surface area contributed by atoms with E-state index in [2.05, 4.69) is 11.0 Å². The molecule has 5 heteroatoms. The van der Waals surface area contributed by atoms with Gasteiger partial charge in [0.05, 0.1) is 19.1 Å². The van der Waals surface area contributed by atoms with Gasteiger partial charge in [0.1, 0.15) is 0 Å². The Balaban J connectivity index is 2.92. The molecule has 0 saturated heterocycles. The van der Waals surface area contributed by atoms with Crippen LogP contribution in [0.15, 0.2) is 18.2 Å². The Morgan fingerprint density at radius 2 is 2.17 bits per heavy atom. The number of halogens is 2. The minimum atomic E-state index is 0.395. The van der Waals surface area contributed by atoms with Crippen LogP contribution in [-0.4, -0.2) is 26.8 Å². The average molecular weight is 287 g/mol. The van der Waals surface area contributed by atoms with Crippen molar-refractivity contribution in [2.24, 2.45) is 0 Å². The summed E-state index contributed by atoms with van der Waals surface area (Å²) < 4.78 is 5.09. The third-order valence-electron chi connectivity index (χ3n) is 2.59. The zero-order chi connectivity index (χ0) is 13.4. The first-order valence-corrected chi connectivity index (χ1v) is 6.59. The molecular formula is C13H16Cl2N2O. The summed E-state index contributed by atoms with van der Waals surface area (Å²) in [4.78, 5) is 2.10. The van der Waals surface area contributed by atoms with Crippen LogP contribution in [0.1, 0.15) is 12.0 Å². The second kappa shape index (κ2) is 8.20. The maximum Gasteiger partial charge on any atom is 0.0640 e. The Labute approximate surface area is 118 Å². The third-order valence-corrected chi connectivity index (χ3v) is 3.11. The number of alkyl halides is 1. The predicted octanol–water partition coefficient (Wildman–Crippen LogP) is 3.45. The highest BCUT2D eigenvalue weighted by molar-refractivity contribution is 6.30. The fourth-order valence-electron chi connectivity index (χ4n) is 1.71. The van der Waals surface area contributed by atoms with Gasteiger partial charge in [-0.3, -0.25) is 0 Å². The van der Waals surface area contributed by atoms with E-state index >= 15 is 0 Å². The van der Waals surface area contributed by atoms with Crippen LogP contribution >= 0.6 is 23.2 Å². The lowest BCUT2D eigenvalue weighted by atomic mass is 10.1. The molecule has 0 amide bonds.